The number of primary sulfonamides is 1. The summed E-state index contributed by atoms with van der Waals surface area (Å²) >= 11 is 0. The van der Waals surface area contributed by atoms with Crippen LogP contribution in [0.3, 0.4) is 0 Å². The molecule has 4 nitrogen and oxygen atoms in total. The van der Waals surface area contributed by atoms with Crippen LogP contribution in [0, 0.1) is 0 Å². The van der Waals surface area contributed by atoms with E-state index in [1.165, 1.54) is 18.9 Å². The molecule has 1 unspecified atom stereocenters. The van der Waals surface area contributed by atoms with Crippen LogP contribution in [0.15, 0.2) is 29.2 Å². The number of unbranched alkanes of at least 4 members (excludes halogenated alkanes) is 1. The van der Waals surface area contributed by atoms with E-state index in [2.05, 4.69) is 19.2 Å². The van der Waals surface area contributed by atoms with Crippen LogP contribution in [0.2, 0.25) is 0 Å². The summed E-state index contributed by atoms with van der Waals surface area (Å²) in [7, 11) is -3.61. The van der Waals surface area contributed by atoms with Crippen LogP contribution in [0.4, 0.5) is 0 Å². The lowest BCUT2D eigenvalue weighted by atomic mass is 10.1. The first kappa shape index (κ1) is 15.1. The molecule has 1 aromatic carbocycles. The normalized spacial score (nSPS) is 13.5. The van der Waals surface area contributed by atoms with Gasteiger partial charge >= 0.3 is 0 Å². The molecule has 0 spiro atoms. The van der Waals surface area contributed by atoms with Gasteiger partial charge in [-0.1, -0.05) is 31.9 Å². The molecule has 0 amide bonds. The number of rotatable bonds is 7. The van der Waals surface area contributed by atoms with Gasteiger partial charge in [0.15, 0.2) is 0 Å². The van der Waals surface area contributed by atoms with E-state index in [0.717, 1.165) is 12.0 Å². The van der Waals surface area contributed by atoms with Gasteiger partial charge in [-0.3, -0.25) is 0 Å². The Kier molecular flexibility index (Phi) is 5.78. The molecule has 102 valence electrons. The summed E-state index contributed by atoms with van der Waals surface area (Å²) in [6, 6.07) is 7.18. The molecule has 0 heterocycles. The highest BCUT2D eigenvalue weighted by atomic mass is 32.2. The zero-order valence-corrected chi connectivity index (χ0v) is 11.8. The van der Waals surface area contributed by atoms with Crippen molar-refractivity contribution in [3.8, 4) is 0 Å². The van der Waals surface area contributed by atoms with E-state index < -0.39 is 10.0 Å². The first-order valence-corrected chi connectivity index (χ1v) is 7.83. The Balaban J connectivity index is 2.58. The highest BCUT2D eigenvalue weighted by molar-refractivity contribution is 7.89. The maximum atomic E-state index is 11.2. The van der Waals surface area contributed by atoms with Gasteiger partial charge in [-0.15, -0.1) is 0 Å². The van der Waals surface area contributed by atoms with E-state index in [0.29, 0.717) is 12.6 Å². The fraction of sp³-hybridized carbons (Fsp3) is 0.538. The smallest absolute Gasteiger partial charge is 0.238 e. The van der Waals surface area contributed by atoms with Crippen LogP contribution < -0.4 is 10.5 Å². The second kappa shape index (κ2) is 6.87. The minimum Gasteiger partial charge on any atom is -0.310 e. The molecule has 1 atom stereocenters. The molecule has 0 aliphatic rings. The fourth-order valence-corrected chi connectivity index (χ4v) is 2.32. The monoisotopic (exact) mass is 270 g/mol. The van der Waals surface area contributed by atoms with E-state index in [-0.39, 0.29) is 4.90 Å². The van der Waals surface area contributed by atoms with Crippen LogP contribution in [0.5, 0.6) is 0 Å². The first-order chi connectivity index (χ1) is 8.43. The van der Waals surface area contributed by atoms with Crippen molar-refractivity contribution in [2.75, 3.05) is 0 Å². The second-order valence-electron chi connectivity index (χ2n) is 4.62. The standard InChI is InChI=1S/C13H22N2O2S/c1-3-4-6-11(2)15-10-12-7-5-8-13(9-12)18(14,16)17/h5,7-9,11,15H,3-4,6,10H2,1-2H3,(H2,14,16,17). The molecular formula is C13H22N2O2S. The van der Waals surface area contributed by atoms with E-state index in [1.54, 1.807) is 12.1 Å². The van der Waals surface area contributed by atoms with Crippen molar-refractivity contribution in [1.29, 1.82) is 0 Å². The quantitative estimate of drug-likeness (QED) is 0.796. The summed E-state index contributed by atoms with van der Waals surface area (Å²) in [5.74, 6) is 0. The third-order valence-corrected chi connectivity index (χ3v) is 3.78. The SMILES string of the molecule is CCCCC(C)NCc1cccc(S(N)(=O)=O)c1. The van der Waals surface area contributed by atoms with Crippen molar-refractivity contribution >= 4 is 10.0 Å². The molecule has 5 heteroatoms. The summed E-state index contributed by atoms with van der Waals surface area (Å²) in [5.41, 5.74) is 0.935. The van der Waals surface area contributed by atoms with Gasteiger partial charge in [-0.25, -0.2) is 13.6 Å². The molecule has 18 heavy (non-hydrogen) atoms. The van der Waals surface area contributed by atoms with Gasteiger partial charge < -0.3 is 5.32 Å². The van der Waals surface area contributed by atoms with Gasteiger partial charge in [-0.05, 0) is 31.0 Å². The zero-order valence-electron chi connectivity index (χ0n) is 11.0. The maximum absolute atomic E-state index is 11.2. The molecule has 0 aliphatic carbocycles. The lowest BCUT2D eigenvalue weighted by molar-refractivity contribution is 0.494. The van der Waals surface area contributed by atoms with Gasteiger partial charge in [-0.2, -0.15) is 0 Å². The highest BCUT2D eigenvalue weighted by Gasteiger charge is 2.08. The summed E-state index contributed by atoms with van der Waals surface area (Å²) < 4.78 is 22.4. The average molecular weight is 270 g/mol. The summed E-state index contributed by atoms with van der Waals surface area (Å²) in [6.45, 7) is 4.97. The van der Waals surface area contributed by atoms with Crippen LogP contribution in [0.25, 0.3) is 0 Å². The van der Waals surface area contributed by atoms with Gasteiger partial charge in [0.25, 0.3) is 0 Å². The largest absolute Gasteiger partial charge is 0.310 e. The molecule has 1 aromatic rings. The van der Waals surface area contributed by atoms with Crippen LogP contribution >= 0.6 is 0 Å². The number of sulfonamides is 1. The molecule has 0 aliphatic heterocycles. The Hall–Kier alpha value is -0.910. The van der Waals surface area contributed by atoms with Gasteiger partial charge in [0.1, 0.15) is 0 Å². The lowest BCUT2D eigenvalue weighted by Crippen LogP contribution is -2.25. The fourth-order valence-electron chi connectivity index (χ4n) is 1.74. The van der Waals surface area contributed by atoms with Crippen molar-refractivity contribution in [2.24, 2.45) is 5.14 Å². The third kappa shape index (κ3) is 5.16. The van der Waals surface area contributed by atoms with Crippen LogP contribution in [0.1, 0.15) is 38.7 Å². The maximum Gasteiger partial charge on any atom is 0.238 e. The van der Waals surface area contributed by atoms with E-state index in [1.807, 2.05) is 6.07 Å². The highest BCUT2D eigenvalue weighted by Crippen LogP contribution is 2.10. The molecule has 0 bridgehead atoms. The second-order valence-corrected chi connectivity index (χ2v) is 6.18. The van der Waals surface area contributed by atoms with Crippen molar-refractivity contribution in [1.82, 2.24) is 5.32 Å². The number of nitrogens with one attached hydrogen (secondary N) is 1. The van der Waals surface area contributed by atoms with Crippen molar-refractivity contribution < 1.29 is 8.42 Å². The third-order valence-electron chi connectivity index (χ3n) is 2.87. The Labute approximate surface area is 110 Å². The lowest BCUT2D eigenvalue weighted by Gasteiger charge is -2.13. The zero-order chi connectivity index (χ0) is 13.6. The number of nitrogens with two attached hydrogens (primary N) is 1. The predicted molar refractivity (Wildman–Crippen MR) is 73.6 cm³/mol. The number of hydrogen-bond acceptors (Lipinski definition) is 3. The molecular weight excluding hydrogens is 248 g/mol. The summed E-state index contributed by atoms with van der Waals surface area (Å²) in [6.07, 6.45) is 3.52. The molecule has 0 aromatic heterocycles. The Bertz CT molecular complexity index is 472. The van der Waals surface area contributed by atoms with Crippen LogP contribution in [-0.2, 0) is 16.6 Å². The molecule has 0 saturated heterocycles. The molecule has 0 radical (unpaired) electrons. The average Bonchev–Trinajstić information content (AvgIpc) is 2.33. The van der Waals surface area contributed by atoms with Crippen LogP contribution in [-0.4, -0.2) is 14.5 Å². The summed E-state index contributed by atoms with van der Waals surface area (Å²) in [5, 5.41) is 8.48. The Morgan fingerprint density at radius 2 is 2.11 bits per heavy atom. The van der Waals surface area contributed by atoms with E-state index >= 15 is 0 Å². The first-order valence-electron chi connectivity index (χ1n) is 6.28. The van der Waals surface area contributed by atoms with E-state index in [4.69, 9.17) is 5.14 Å². The van der Waals surface area contributed by atoms with Crippen molar-refractivity contribution in [2.45, 2.75) is 50.6 Å². The summed E-state index contributed by atoms with van der Waals surface area (Å²) in [4.78, 5) is 0.169. The Morgan fingerprint density at radius 1 is 1.39 bits per heavy atom. The molecule has 3 N–H and O–H groups in total. The van der Waals surface area contributed by atoms with E-state index in [9.17, 15) is 8.42 Å². The van der Waals surface area contributed by atoms with Gasteiger partial charge in [0, 0.05) is 12.6 Å². The minimum absolute atomic E-state index is 0.169. The van der Waals surface area contributed by atoms with Crippen molar-refractivity contribution in [3.05, 3.63) is 29.8 Å². The van der Waals surface area contributed by atoms with Crippen molar-refractivity contribution in [3.63, 3.8) is 0 Å². The van der Waals surface area contributed by atoms with Gasteiger partial charge in [0.2, 0.25) is 10.0 Å². The molecule has 1 rings (SSSR count). The molecule has 0 fully saturated rings. The minimum atomic E-state index is -3.61. The van der Waals surface area contributed by atoms with Gasteiger partial charge in [0.05, 0.1) is 4.90 Å². The number of hydrogen-bond donors (Lipinski definition) is 2. The predicted octanol–water partition coefficient (Wildman–Crippen LogP) is 2.00. The molecule has 0 saturated carbocycles. The topological polar surface area (TPSA) is 72.2 Å². The number of benzene rings is 1. The Morgan fingerprint density at radius 3 is 2.72 bits per heavy atom.